The molecule has 0 fully saturated rings. The molecule has 38 heavy (non-hydrogen) atoms. The molecule has 3 atom stereocenters. The first-order valence-electron chi connectivity index (χ1n) is 12.3. The van der Waals surface area contributed by atoms with Gasteiger partial charge in [-0.05, 0) is 46.2 Å². The van der Waals surface area contributed by atoms with Crippen LogP contribution in [0, 0.1) is 6.92 Å². The fourth-order valence-corrected chi connectivity index (χ4v) is 5.14. The number of fused-ring (bicyclic) bond motifs is 3. The van der Waals surface area contributed by atoms with Crippen molar-refractivity contribution in [3.63, 3.8) is 0 Å². The third-order valence-corrected chi connectivity index (χ3v) is 7.55. The number of hydrogen-bond donors (Lipinski definition) is 1. The molecule has 0 bridgehead atoms. The fourth-order valence-electron chi connectivity index (χ4n) is 4.05. The van der Waals surface area contributed by atoms with E-state index in [2.05, 4.69) is 29.9 Å². The molecule has 0 aliphatic carbocycles. The lowest BCUT2D eigenvalue weighted by Crippen LogP contribution is -2.35. The Bertz CT molecular complexity index is 1350. The molecule has 0 aromatic carbocycles. The minimum atomic E-state index is -4.06. The van der Waals surface area contributed by atoms with E-state index in [1.807, 2.05) is 27.7 Å². The van der Waals surface area contributed by atoms with Crippen molar-refractivity contribution in [1.82, 2.24) is 29.7 Å². The van der Waals surface area contributed by atoms with Crippen LogP contribution in [-0.4, -0.2) is 76.4 Å². The summed E-state index contributed by atoms with van der Waals surface area (Å²) in [4.78, 5) is 12.9. The Morgan fingerprint density at radius 2 is 1.92 bits per heavy atom. The Labute approximate surface area is 222 Å². The van der Waals surface area contributed by atoms with Gasteiger partial charge in [0.05, 0.1) is 30.9 Å². The van der Waals surface area contributed by atoms with E-state index in [0.717, 1.165) is 5.56 Å². The van der Waals surface area contributed by atoms with Crippen LogP contribution in [0.15, 0.2) is 24.7 Å². The third kappa shape index (κ3) is 5.71. The molecule has 0 unspecified atom stereocenters. The monoisotopic (exact) mass is 547 g/mol. The smallest absolute Gasteiger partial charge is 0.257 e. The van der Waals surface area contributed by atoms with Crippen molar-refractivity contribution in [3.05, 3.63) is 36.0 Å². The predicted molar refractivity (Wildman–Crippen MR) is 139 cm³/mol. The van der Waals surface area contributed by atoms with Gasteiger partial charge in [-0.15, -0.1) is 10.2 Å². The maximum Gasteiger partial charge on any atom is 0.257 e. The number of nitrogens with zero attached hydrogens (tertiary/aromatic N) is 6. The molecular weight excluding hydrogens is 514 g/mol. The predicted octanol–water partition coefficient (Wildman–Crippen LogP) is 2.71. The Morgan fingerprint density at radius 3 is 2.58 bits per heavy atom. The van der Waals surface area contributed by atoms with Crippen LogP contribution in [-0.2, 0) is 19.5 Å². The molecule has 3 aromatic heterocycles. The molecule has 0 saturated carbocycles. The average Bonchev–Trinajstić information content (AvgIpc) is 3.20. The minimum Gasteiger partial charge on any atom is -0.485 e. The van der Waals surface area contributed by atoms with Crippen LogP contribution in [0.3, 0.4) is 0 Å². The number of hydrogen-bond acceptors (Lipinski definition) is 11. The highest BCUT2D eigenvalue weighted by molar-refractivity contribution is 7.93. The van der Waals surface area contributed by atoms with Crippen molar-refractivity contribution >= 4 is 16.0 Å². The molecule has 0 radical (unpaired) electrons. The van der Waals surface area contributed by atoms with Crippen LogP contribution in [0.25, 0.3) is 11.4 Å². The molecule has 1 aliphatic rings. The van der Waals surface area contributed by atoms with Gasteiger partial charge in [-0.3, -0.25) is 9.29 Å². The molecule has 4 heterocycles. The van der Waals surface area contributed by atoms with Gasteiger partial charge in [0, 0.05) is 25.7 Å². The highest BCUT2D eigenvalue weighted by Gasteiger charge is 2.37. The lowest BCUT2D eigenvalue weighted by Gasteiger charge is -2.26. The quantitative estimate of drug-likeness (QED) is 0.377. The standard InChI is InChI=1S/C24H33N7O6S/c1-7-35-23-20-18(8-9-25-23)22-28-29-24(31(22)17(12-34-6)13-36-20)30-38(32,33)16(5)19(37-14(2)3)21-26-10-15(4)11-27-21/h8-11,14,16-17,19H,7,12-13H2,1-6H3,(H,29,30)/t16-,17-,19+/m0/s1. The van der Waals surface area contributed by atoms with Gasteiger partial charge < -0.3 is 18.9 Å². The van der Waals surface area contributed by atoms with Gasteiger partial charge in [0.15, 0.2) is 17.4 Å². The molecule has 0 saturated heterocycles. The van der Waals surface area contributed by atoms with Crippen molar-refractivity contribution in [2.45, 2.75) is 58.1 Å². The summed E-state index contributed by atoms with van der Waals surface area (Å²) in [6, 6.07) is 1.28. The Hall–Kier alpha value is -3.36. The molecule has 206 valence electrons. The second kappa shape index (κ2) is 11.6. The van der Waals surface area contributed by atoms with Crippen molar-refractivity contribution in [1.29, 1.82) is 0 Å². The van der Waals surface area contributed by atoms with Gasteiger partial charge in [0.2, 0.25) is 16.0 Å². The van der Waals surface area contributed by atoms with Gasteiger partial charge in [0.1, 0.15) is 18.0 Å². The lowest BCUT2D eigenvalue weighted by atomic mass is 10.2. The van der Waals surface area contributed by atoms with E-state index in [-0.39, 0.29) is 31.1 Å². The average molecular weight is 548 g/mol. The van der Waals surface area contributed by atoms with Crippen LogP contribution in [0.4, 0.5) is 5.95 Å². The van der Waals surface area contributed by atoms with E-state index < -0.39 is 27.4 Å². The molecule has 1 N–H and O–H groups in total. The van der Waals surface area contributed by atoms with E-state index in [1.165, 1.54) is 0 Å². The first kappa shape index (κ1) is 27.7. The van der Waals surface area contributed by atoms with Crippen LogP contribution < -0.4 is 14.2 Å². The number of pyridine rings is 1. The largest absolute Gasteiger partial charge is 0.485 e. The normalized spacial score (nSPS) is 16.7. The summed E-state index contributed by atoms with van der Waals surface area (Å²) in [5.41, 5.74) is 1.42. The highest BCUT2D eigenvalue weighted by Crippen LogP contribution is 2.41. The number of methoxy groups -OCH3 is 1. The van der Waals surface area contributed by atoms with Crippen molar-refractivity contribution in [2.24, 2.45) is 0 Å². The third-order valence-electron chi connectivity index (χ3n) is 5.86. The van der Waals surface area contributed by atoms with Crippen molar-refractivity contribution in [3.8, 4) is 23.0 Å². The Kier molecular flexibility index (Phi) is 8.43. The van der Waals surface area contributed by atoms with Gasteiger partial charge in [-0.2, -0.15) is 0 Å². The van der Waals surface area contributed by atoms with E-state index in [9.17, 15) is 8.42 Å². The van der Waals surface area contributed by atoms with Crippen LogP contribution in [0.5, 0.6) is 11.6 Å². The zero-order valence-electron chi connectivity index (χ0n) is 22.3. The number of aryl methyl sites for hydroxylation is 1. The van der Waals surface area contributed by atoms with Crippen molar-refractivity contribution < 1.29 is 27.4 Å². The molecule has 1 aliphatic heterocycles. The molecule has 13 nitrogen and oxygen atoms in total. The second-order valence-electron chi connectivity index (χ2n) is 9.14. The summed E-state index contributed by atoms with van der Waals surface area (Å²) in [6.45, 7) is 9.66. The van der Waals surface area contributed by atoms with Gasteiger partial charge in [-0.1, -0.05) is 0 Å². The molecule has 14 heteroatoms. The summed E-state index contributed by atoms with van der Waals surface area (Å²) < 4.78 is 54.7. The van der Waals surface area contributed by atoms with Crippen LogP contribution in [0.1, 0.15) is 51.2 Å². The van der Waals surface area contributed by atoms with E-state index >= 15 is 0 Å². The van der Waals surface area contributed by atoms with Crippen molar-refractivity contribution in [2.75, 3.05) is 31.7 Å². The van der Waals surface area contributed by atoms with Gasteiger partial charge in [0.25, 0.3) is 5.88 Å². The highest BCUT2D eigenvalue weighted by atomic mass is 32.2. The number of ether oxygens (including phenoxy) is 4. The summed E-state index contributed by atoms with van der Waals surface area (Å²) in [5.74, 6) is 1.42. The number of nitrogens with one attached hydrogen (secondary N) is 1. The van der Waals surface area contributed by atoms with Gasteiger partial charge >= 0.3 is 0 Å². The molecule has 0 spiro atoms. The maximum absolute atomic E-state index is 13.7. The van der Waals surface area contributed by atoms with E-state index in [0.29, 0.717) is 29.6 Å². The van der Waals surface area contributed by atoms with E-state index in [4.69, 9.17) is 18.9 Å². The number of rotatable bonds is 11. The van der Waals surface area contributed by atoms with Crippen LogP contribution in [0.2, 0.25) is 0 Å². The maximum atomic E-state index is 13.7. The first-order chi connectivity index (χ1) is 18.2. The Morgan fingerprint density at radius 1 is 1.18 bits per heavy atom. The lowest BCUT2D eigenvalue weighted by molar-refractivity contribution is 0.00152. The van der Waals surface area contributed by atoms with Gasteiger partial charge in [-0.25, -0.2) is 23.4 Å². The molecular formula is C24H33N7O6S. The second-order valence-corrected chi connectivity index (χ2v) is 11.2. The summed E-state index contributed by atoms with van der Waals surface area (Å²) in [7, 11) is -2.51. The molecule has 0 amide bonds. The zero-order chi connectivity index (χ0) is 27.4. The summed E-state index contributed by atoms with van der Waals surface area (Å²) in [6.07, 6.45) is 3.65. The van der Waals surface area contributed by atoms with E-state index in [1.54, 1.807) is 43.3 Å². The number of aromatic nitrogens is 6. The topological polar surface area (TPSA) is 152 Å². The summed E-state index contributed by atoms with van der Waals surface area (Å²) in [5, 5.41) is 7.44. The Balaban J connectivity index is 1.72. The SMILES string of the molecule is CCOc1nccc2c1OC[C@H](COC)n1c(NS(=O)(=O)[C@@H](C)[C@@H](OC(C)C)c3ncc(C)cn3)nnc1-2. The minimum absolute atomic E-state index is 0.0215. The zero-order valence-corrected chi connectivity index (χ0v) is 23.1. The summed E-state index contributed by atoms with van der Waals surface area (Å²) >= 11 is 0. The molecule has 4 rings (SSSR count). The number of anilines is 1. The van der Waals surface area contributed by atoms with Crippen LogP contribution >= 0.6 is 0 Å². The first-order valence-corrected chi connectivity index (χ1v) is 13.8. The molecule has 3 aromatic rings. The number of sulfonamides is 1. The fraction of sp³-hybridized carbons (Fsp3) is 0.542.